The molecule has 6 N–H and O–H groups in total. The molecular weight excluding hydrogens is 440 g/mol. The van der Waals surface area contributed by atoms with E-state index in [1.165, 1.54) is 36.6 Å². The summed E-state index contributed by atoms with van der Waals surface area (Å²) in [5, 5.41) is 59.4. The number of benzene rings is 1. The van der Waals surface area contributed by atoms with E-state index in [-0.39, 0.29) is 17.9 Å². The highest BCUT2D eigenvalue weighted by atomic mass is 16.8. The van der Waals surface area contributed by atoms with Crippen molar-refractivity contribution in [3.05, 3.63) is 53.8 Å². The van der Waals surface area contributed by atoms with E-state index in [9.17, 15) is 35.4 Å². The summed E-state index contributed by atoms with van der Waals surface area (Å²) < 4.78 is 22.0. The van der Waals surface area contributed by atoms with Crippen molar-refractivity contribution in [1.82, 2.24) is 0 Å². The summed E-state index contributed by atoms with van der Waals surface area (Å²) in [6, 6.07) is 5.54. The zero-order valence-corrected chi connectivity index (χ0v) is 17.4. The van der Waals surface area contributed by atoms with Crippen LogP contribution in [0.15, 0.2) is 48.3 Å². The van der Waals surface area contributed by atoms with Crippen LogP contribution in [-0.2, 0) is 18.9 Å². The molecule has 0 spiro atoms. The number of carbonyl (C=O) groups excluding carboxylic acids is 1. The molecule has 33 heavy (non-hydrogen) atoms. The summed E-state index contributed by atoms with van der Waals surface area (Å²) in [4.78, 5) is 12.3. The number of aliphatic hydroxyl groups is 5. The van der Waals surface area contributed by atoms with Gasteiger partial charge in [0, 0.05) is 5.92 Å². The van der Waals surface area contributed by atoms with Gasteiger partial charge in [-0.3, -0.25) is 0 Å². The number of rotatable bonds is 6. The Bertz CT molecular complexity index is 896. The van der Waals surface area contributed by atoms with Crippen LogP contribution in [0.4, 0.5) is 0 Å². The molecule has 0 amide bonds. The summed E-state index contributed by atoms with van der Waals surface area (Å²) in [5.41, 5.74) is 0.746. The lowest BCUT2D eigenvalue weighted by Gasteiger charge is -2.42. The number of ether oxygens (including phenoxy) is 4. The standard InChI is InChI=1S/C22H26O11/c23-8-15-17(26)18(27)19(28)22(32-15)33-21-16-11(7-14(25)13(16)5-6-30-21)9-31-20(29)10-1-3-12(24)4-2-10/h1-7,13-19,21-28H,8-9H2/t13-,14+,15+,16+,17+,18-,19+,21-,22?/m0/s1. The second kappa shape index (κ2) is 9.77. The van der Waals surface area contributed by atoms with Gasteiger partial charge >= 0.3 is 5.97 Å². The first kappa shape index (κ1) is 23.6. The maximum absolute atomic E-state index is 12.3. The lowest BCUT2D eigenvalue weighted by atomic mass is 9.88. The molecule has 1 aliphatic carbocycles. The molecule has 3 aliphatic rings. The van der Waals surface area contributed by atoms with Gasteiger partial charge < -0.3 is 49.6 Å². The highest BCUT2D eigenvalue weighted by Gasteiger charge is 2.49. The number of aromatic hydroxyl groups is 1. The molecule has 4 rings (SSSR count). The quantitative estimate of drug-likeness (QED) is 0.219. The van der Waals surface area contributed by atoms with E-state index in [1.54, 1.807) is 6.08 Å². The monoisotopic (exact) mass is 466 g/mol. The zero-order valence-electron chi connectivity index (χ0n) is 17.4. The molecular formula is C22H26O11. The Morgan fingerprint density at radius 1 is 1.00 bits per heavy atom. The molecule has 1 aromatic rings. The lowest BCUT2D eigenvalue weighted by molar-refractivity contribution is -0.339. The summed E-state index contributed by atoms with van der Waals surface area (Å²) in [7, 11) is 0. The van der Waals surface area contributed by atoms with Gasteiger partial charge in [0.1, 0.15) is 36.8 Å². The third-order valence-corrected chi connectivity index (χ3v) is 6.02. The molecule has 0 bridgehead atoms. The summed E-state index contributed by atoms with van der Waals surface area (Å²) >= 11 is 0. The first-order chi connectivity index (χ1) is 15.8. The van der Waals surface area contributed by atoms with Crippen LogP contribution in [0.2, 0.25) is 0 Å². The molecule has 2 heterocycles. The van der Waals surface area contributed by atoms with Crippen molar-refractivity contribution in [1.29, 1.82) is 0 Å². The summed E-state index contributed by atoms with van der Waals surface area (Å²) in [6.45, 7) is -0.789. The van der Waals surface area contributed by atoms with E-state index < -0.39 is 67.5 Å². The van der Waals surface area contributed by atoms with E-state index in [1.807, 2.05) is 0 Å². The number of phenolic OH excluding ortho intramolecular Hbond substituents is 1. The zero-order chi connectivity index (χ0) is 23.7. The van der Waals surface area contributed by atoms with Crippen LogP contribution >= 0.6 is 0 Å². The normalized spacial score (nSPS) is 37.7. The van der Waals surface area contributed by atoms with Gasteiger partial charge in [-0.2, -0.15) is 0 Å². The van der Waals surface area contributed by atoms with E-state index in [2.05, 4.69) is 0 Å². The number of phenols is 1. The van der Waals surface area contributed by atoms with Crippen molar-refractivity contribution >= 4 is 5.97 Å². The van der Waals surface area contributed by atoms with Gasteiger partial charge in [-0.15, -0.1) is 0 Å². The Kier molecular flexibility index (Phi) is 7.00. The molecule has 0 aromatic heterocycles. The van der Waals surface area contributed by atoms with Gasteiger partial charge in [0.05, 0.1) is 30.5 Å². The van der Waals surface area contributed by atoms with E-state index >= 15 is 0 Å². The van der Waals surface area contributed by atoms with Gasteiger partial charge in [0.15, 0.2) is 6.29 Å². The topological polar surface area (TPSA) is 175 Å². The Balaban J connectivity index is 1.45. The minimum Gasteiger partial charge on any atom is -0.508 e. The van der Waals surface area contributed by atoms with Crippen molar-refractivity contribution in [3.8, 4) is 5.75 Å². The molecule has 1 fully saturated rings. The van der Waals surface area contributed by atoms with Crippen molar-refractivity contribution < 1.29 is 54.4 Å². The Hall–Kier alpha value is -2.51. The minimum atomic E-state index is -1.62. The highest BCUT2D eigenvalue weighted by Crippen LogP contribution is 2.41. The van der Waals surface area contributed by atoms with Crippen LogP contribution in [0.1, 0.15) is 10.4 Å². The maximum Gasteiger partial charge on any atom is 0.338 e. The van der Waals surface area contributed by atoms with Crippen molar-refractivity contribution in [2.75, 3.05) is 13.2 Å². The molecule has 0 radical (unpaired) electrons. The Morgan fingerprint density at radius 2 is 1.73 bits per heavy atom. The second-order valence-electron chi connectivity index (χ2n) is 8.12. The molecule has 2 aliphatic heterocycles. The number of esters is 1. The highest BCUT2D eigenvalue weighted by molar-refractivity contribution is 5.89. The fraction of sp³-hybridized carbons (Fsp3) is 0.500. The van der Waals surface area contributed by atoms with Crippen molar-refractivity contribution in [2.24, 2.45) is 11.8 Å². The van der Waals surface area contributed by atoms with Crippen LogP contribution in [0.25, 0.3) is 0 Å². The molecule has 9 atom stereocenters. The largest absolute Gasteiger partial charge is 0.508 e. The number of aliphatic hydroxyl groups excluding tert-OH is 5. The number of hydrogen-bond donors (Lipinski definition) is 6. The van der Waals surface area contributed by atoms with Crippen LogP contribution in [0, 0.1) is 11.8 Å². The lowest BCUT2D eigenvalue weighted by Crippen LogP contribution is -2.60. The number of fused-ring (bicyclic) bond motifs is 1. The van der Waals surface area contributed by atoms with E-state index in [4.69, 9.17) is 18.9 Å². The third kappa shape index (κ3) is 4.75. The average Bonchev–Trinajstić information content (AvgIpc) is 3.14. The first-order valence-electron chi connectivity index (χ1n) is 10.4. The third-order valence-electron chi connectivity index (χ3n) is 6.02. The molecule has 1 unspecified atom stereocenters. The summed E-state index contributed by atoms with van der Waals surface area (Å²) in [5.74, 6) is -1.69. The molecule has 180 valence electrons. The number of hydrogen-bond acceptors (Lipinski definition) is 11. The number of carbonyl (C=O) groups is 1. The van der Waals surface area contributed by atoms with E-state index in [0.29, 0.717) is 5.57 Å². The first-order valence-corrected chi connectivity index (χ1v) is 10.4. The van der Waals surface area contributed by atoms with E-state index in [0.717, 1.165) is 0 Å². The molecule has 11 heteroatoms. The summed E-state index contributed by atoms with van der Waals surface area (Å²) in [6.07, 6.45) is -4.86. The predicted octanol–water partition coefficient (Wildman–Crippen LogP) is -1.23. The maximum atomic E-state index is 12.3. The second-order valence-corrected chi connectivity index (χ2v) is 8.12. The SMILES string of the molecule is O=C(OCC1=C[C@@H](O)[C@@H]2C=CO[C@@H](OC3O[C@H](CO)[C@@H](O)[C@H](O)[C@H]3O)[C@H]12)c1ccc(O)cc1. The molecule has 1 aromatic carbocycles. The Morgan fingerprint density at radius 3 is 2.42 bits per heavy atom. The Labute approximate surface area is 188 Å². The molecule has 0 saturated carbocycles. The van der Waals surface area contributed by atoms with Crippen molar-refractivity contribution in [3.63, 3.8) is 0 Å². The minimum absolute atomic E-state index is 0.00957. The van der Waals surface area contributed by atoms with Crippen LogP contribution in [-0.4, -0.2) is 92.9 Å². The van der Waals surface area contributed by atoms with Crippen LogP contribution < -0.4 is 0 Å². The van der Waals surface area contributed by atoms with Gasteiger partial charge in [-0.25, -0.2) is 4.79 Å². The van der Waals surface area contributed by atoms with Crippen LogP contribution in [0.5, 0.6) is 5.75 Å². The van der Waals surface area contributed by atoms with Crippen molar-refractivity contribution in [2.45, 2.75) is 43.1 Å². The fourth-order valence-corrected chi connectivity index (χ4v) is 4.19. The van der Waals surface area contributed by atoms with Gasteiger partial charge in [-0.05, 0) is 35.9 Å². The molecule has 11 nitrogen and oxygen atoms in total. The predicted molar refractivity (Wildman–Crippen MR) is 108 cm³/mol. The smallest absolute Gasteiger partial charge is 0.338 e. The van der Waals surface area contributed by atoms with Gasteiger partial charge in [0.2, 0.25) is 6.29 Å². The average molecular weight is 466 g/mol. The molecule has 1 saturated heterocycles. The van der Waals surface area contributed by atoms with Gasteiger partial charge in [-0.1, -0.05) is 6.08 Å². The van der Waals surface area contributed by atoms with Crippen LogP contribution in [0.3, 0.4) is 0 Å². The van der Waals surface area contributed by atoms with Gasteiger partial charge in [0.25, 0.3) is 0 Å². The fourth-order valence-electron chi connectivity index (χ4n) is 4.19.